The number of nitriles is 2. The summed E-state index contributed by atoms with van der Waals surface area (Å²) in [4.78, 5) is 4.43. The standard InChI is InChI=1S/C29H29FN8/c1-28(2,3)17-34-26-20(14-32)15-33-25-19(13-31)11-22(12-23(25)26)35-27(18-5-7-21(30)8-6-18)24-16-38(37-36-24)29(4)9-10-29/h5-8,11-12,15-16,27,35H,9-10,17H2,1-4H3,(H,33,34). The molecule has 192 valence electrons. The van der Waals surface area contributed by atoms with E-state index in [9.17, 15) is 14.9 Å². The van der Waals surface area contributed by atoms with Crippen molar-refractivity contribution >= 4 is 22.3 Å². The largest absolute Gasteiger partial charge is 0.383 e. The molecule has 0 saturated heterocycles. The van der Waals surface area contributed by atoms with E-state index in [0.29, 0.717) is 45.6 Å². The Morgan fingerprint density at radius 3 is 2.45 bits per heavy atom. The molecule has 0 aliphatic heterocycles. The van der Waals surface area contributed by atoms with Crippen molar-refractivity contribution in [3.63, 3.8) is 0 Å². The van der Waals surface area contributed by atoms with Crippen molar-refractivity contribution < 1.29 is 4.39 Å². The van der Waals surface area contributed by atoms with Crippen LogP contribution in [0.15, 0.2) is 48.8 Å². The normalized spacial score (nSPS) is 14.9. The Morgan fingerprint density at radius 2 is 1.82 bits per heavy atom. The molecule has 1 atom stereocenters. The van der Waals surface area contributed by atoms with Gasteiger partial charge in [-0.1, -0.05) is 38.1 Å². The van der Waals surface area contributed by atoms with Gasteiger partial charge >= 0.3 is 0 Å². The fraction of sp³-hybridized carbons (Fsp3) is 0.345. The fourth-order valence-corrected chi connectivity index (χ4v) is 4.33. The Kier molecular flexibility index (Phi) is 6.24. The quantitative estimate of drug-likeness (QED) is 0.320. The number of benzene rings is 2. The predicted octanol–water partition coefficient (Wildman–Crippen LogP) is 5.88. The van der Waals surface area contributed by atoms with Gasteiger partial charge in [-0.2, -0.15) is 10.5 Å². The van der Waals surface area contributed by atoms with Crippen LogP contribution in [-0.2, 0) is 5.54 Å². The van der Waals surface area contributed by atoms with Gasteiger partial charge in [0, 0.05) is 23.8 Å². The summed E-state index contributed by atoms with van der Waals surface area (Å²) in [5.74, 6) is -0.330. The minimum absolute atomic E-state index is 0.0253. The van der Waals surface area contributed by atoms with Crippen LogP contribution in [0.25, 0.3) is 10.9 Å². The summed E-state index contributed by atoms with van der Waals surface area (Å²) in [5, 5.41) is 36.1. The number of rotatable bonds is 7. The molecule has 2 N–H and O–H groups in total. The number of fused-ring (bicyclic) bond motifs is 1. The second-order valence-electron chi connectivity index (χ2n) is 11.3. The van der Waals surface area contributed by atoms with Gasteiger partial charge in [0.2, 0.25) is 0 Å². The maximum Gasteiger partial charge on any atom is 0.123 e. The van der Waals surface area contributed by atoms with Gasteiger partial charge in [0.25, 0.3) is 0 Å². The van der Waals surface area contributed by atoms with Crippen LogP contribution < -0.4 is 10.6 Å². The highest BCUT2D eigenvalue weighted by Gasteiger charge is 2.41. The third-order valence-electron chi connectivity index (χ3n) is 6.86. The van der Waals surface area contributed by atoms with Gasteiger partial charge in [0.1, 0.15) is 23.6 Å². The van der Waals surface area contributed by atoms with Crippen LogP contribution in [0.4, 0.5) is 15.8 Å². The van der Waals surface area contributed by atoms with Gasteiger partial charge in [-0.05, 0) is 55.0 Å². The zero-order chi connectivity index (χ0) is 27.1. The number of hydrogen-bond donors (Lipinski definition) is 2. The number of hydrogen-bond acceptors (Lipinski definition) is 7. The first kappa shape index (κ1) is 25.2. The van der Waals surface area contributed by atoms with Crippen molar-refractivity contribution in [3.8, 4) is 12.1 Å². The molecule has 2 heterocycles. The van der Waals surface area contributed by atoms with Crippen molar-refractivity contribution in [3.05, 3.63) is 77.0 Å². The molecule has 1 aliphatic carbocycles. The highest BCUT2D eigenvalue weighted by atomic mass is 19.1. The van der Waals surface area contributed by atoms with E-state index in [4.69, 9.17) is 0 Å². The molecule has 9 heteroatoms. The maximum atomic E-state index is 13.8. The summed E-state index contributed by atoms with van der Waals surface area (Å²) in [6, 6.07) is 13.9. The van der Waals surface area contributed by atoms with E-state index in [1.165, 1.54) is 18.3 Å². The van der Waals surface area contributed by atoms with Crippen LogP contribution in [0.2, 0.25) is 0 Å². The number of nitrogens with one attached hydrogen (secondary N) is 2. The second kappa shape index (κ2) is 9.42. The second-order valence-corrected chi connectivity index (χ2v) is 11.3. The number of halogens is 1. The van der Waals surface area contributed by atoms with Crippen LogP contribution in [-0.4, -0.2) is 26.5 Å². The van der Waals surface area contributed by atoms with E-state index in [-0.39, 0.29) is 16.8 Å². The molecule has 0 spiro atoms. The lowest BCUT2D eigenvalue weighted by molar-refractivity contribution is 0.443. The third kappa shape index (κ3) is 5.01. The van der Waals surface area contributed by atoms with Crippen molar-refractivity contribution in [1.29, 1.82) is 10.5 Å². The number of nitrogens with zero attached hydrogens (tertiary/aromatic N) is 6. The SMILES string of the molecule is CC(C)(C)CNc1c(C#N)cnc2c(C#N)cc(NC(c3ccc(F)cc3)c3cn(C4(C)CC4)nn3)cc12. The molecule has 4 aromatic rings. The summed E-state index contributed by atoms with van der Waals surface area (Å²) in [5.41, 5.74) is 3.99. The molecule has 1 aliphatic rings. The zero-order valence-corrected chi connectivity index (χ0v) is 21.9. The first-order chi connectivity index (χ1) is 18.1. The smallest absolute Gasteiger partial charge is 0.123 e. The first-order valence-electron chi connectivity index (χ1n) is 12.6. The molecule has 2 aromatic heterocycles. The average molecular weight is 509 g/mol. The fourth-order valence-electron chi connectivity index (χ4n) is 4.33. The lowest BCUT2D eigenvalue weighted by Crippen LogP contribution is -2.20. The Balaban J connectivity index is 1.61. The molecule has 8 nitrogen and oxygen atoms in total. The summed E-state index contributed by atoms with van der Waals surface area (Å²) in [7, 11) is 0. The lowest BCUT2D eigenvalue weighted by atomic mass is 9.96. The molecular formula is C29H29FN8. The summed E-state index contributed by atoms with van der Waals surface area (Å²) in [6.45, 7) is 9.07. The Hall–Kier alpha value is -4.50. The first-order valence-corrected chi connectivity index (χ1v) is 12.6. The van der Waals surface area contributed by atoms with Crippen molar-refractivity contribution in [2.75, 3.05) is 17.2 Å². The molecular weight excluding hydrogens is 479 g/mol. The molecule has 2 aromatic carbocycles. The topological polar surface area (TPSA) is 115 Å². The van der Waals surface area contributed by atoms with Crippen LogP contribution in [0.1, 0.15) is 69.0 Å². The highest BCUT2D eigenvalue weighted by molar-refractivity contribution is 5.99. The van der Waals surface area contributed by atoms with Crippen LogP contribution in [0.5, 0.6) is 0 Å². The molecule has 0 radical (unpaired) electrons. The van der Waals surface area contributed by atoms with Gasteiger partial charge < -0.3 is 10.6 Å². The van der Waals surface area contributed by atoms with Crippen molar-refractivity contribution in [2.45, 2.75) is 52.1 Å². The third-order valence-corrected chi connectivity index (χ3v) is 6.86. The highest BCUT2D eigenvalue weighted by Crippen LogP contribution is 2.42. The number of aromatic nitrogens is 4. The van der Waals surface area contributed by atoms with E-state index in [0.717, 1.165) is 18.4 Å². The van der Waals surface area contributed by atoms with Gasteiger partial charge in [-0.3, -0.25) is 4.98 Å². The summed E-state index contributed by atoms with van der Waals surface area (Å²) < 4.78 is 15.7. The molecule has 1 fully saturated rings. The Labute approximate surface area is 221 Å². The van der Waals surface area contributed by atoms with E-state index < -0.39 is 6.04 Å². The van der Waals surface area contributed by atoms with E-state index in [1.54, 1.807) is 18.2 Å². The summed E-state index contributed by atoms with van der Waals surface area (Å²) in [6.07, 6.45) is 5.50. The van der Waals surface area contributed by atoms with Gasteiger partial charge in [0.15, 0.2) is 0 Å². The van der Waals surface area contributed by atoms with E-state index in [2.05, 4.69) is 65.8 Å². The molecule has 0 bridgehead atoms. The summed E-state index contributed by atoms with van der Waals surface area (Å²) >= 11 is 0. The van der Waals surface area contributed by atoms with E-state index >= 15 is 0 Å². The molecule has 38 heavy (non-hydrogen) atoms. The van der Waals surface area contributed by atoms with Crippen molar-refractivity contribution in [2.24, 2.45) is 5.41 Å². The van der Waals surface area contributed by atoms with Crippen LogP contribution in [0, 0.1) is 33.9 Å². The molecule has 1 saturated carbocycles. The van der Waals surface area contributed by atoms with Crippen LogP contribution >= 0.6 is 0 Å². The van der Waals surface area contributed by atoms with Crippen LogP contribution in [0.3, 0.4) is 0 Å². The Bertz CT molecular complexity index is 1580. The zero-order valence-electron chi connectivity index (χ0n) is 21.9. The van der Waals surface area contributed by atoms with Gasteiger partial charge in [-0.15, -0.1) is 5.10 Å². The average Bonchev–Trinajstić information content (AvgIpc) is 3.44. The van der Waals surface area contributed by atoms with Gasteiger partial charge in [0.05, 0.1) is 40.1 Å². The van der Waals surface area contributed by atoms with E-state index in [1.807, 2.05) is 16.9 Å². The molecule has 1 unspecified atom stereocenters. The maximum absolute atomic E-state index is 13.8. The number of pyridine rings is 1. The molecule has 5 rings (SSSR count). The minimum Gasteiger partial charge on any atom is -0.383 e. The van der Waals surface area contributed by atoms with Crippen molar-refractivity contribution in [1.82, 2.24) is 20.0 Å². The Morgan fingerprint density at radius 1 is 1.11 bits per heavy atom. The minimum atomic E-state index is -0.450. The lowest BCUT2D eigenvalue weighted by Gasteiger charge is -2.22. The number of anilines is 2. The monoisotopic (exact) mass is 508 g/mol. The predicted molar refractivity (Wildman–Crippen MR) is 144 cm³/mol. The van der Waals surface area contributed by atoms with Gasteiger partial charge in [-0.25, -0.2) is 9.07 Å². The molecule has 0 amide bonds.